The van der Waals surface area contributed by atoms with Gasteiger partial charge in [0.2, 0.25) is 0 Å². The topological polar surface area (TPSA) is 7.94 Å². The van der Waals surface area contributed by atoms with Crippen molar-refractivity contribution < 1.29 is 13.1 Å². The van der Waals surface area contributed by atoms with Gasteiger partial charge in [0.1, 0.15) is 5.71 Å². The van der Waals surface area contributed by atoms with Crippen LogP contribution >= 0.6 is 0 Å². The summed E-state index contributed by atoms with van der Waals surface area (Å²) in [5.74, 6) is 0.0772. The molecule has 0 amide bonds. The molecule has 0 N–H and O–H groups in total. The van der Waals surface area contributed by atoms with Crippen molar-refractivity contribution in [2.24, 2.45) is 5.92 Å². The van der Waals surface area contributed by atoms with Gasteiger partial charge in [-0.25, -0.2) is 0 Å². The predicted molar refractivity (Wildman–Crippen MR) is 74.5 cm³/mol. The molecule has 0 atom stereocenters. The lowest BCUT2D eigenvalue weighted by molar-refractivity contribution is -0.363. The van der Waals surface area contributed by atoms with Gasteiger partial charge < -0.3 is 17.6 Å². The van der Waals surface area contributed by atoms with Gasteiger partial charge in [0, 0.05) is 29.8 Å². The predicted octanol–water partition coefficient (Wildman–Crippen LogP) is 3.36. The number of hydrogen-bond donors (Lipinski definition) is 0. The van der Waals surface area contributed by atoms with Crippen molar-refractivity contribution in [1.82, 2.24) is 4.48 Å². The molecular formula is C14H17BF2N2. The molecule has 1 aromatic heterocycles. The Labute approximate surface area is 111 Å². The third-order valence-electron chi connectivity index (χ3n) is 3.95. The molecule has 0 radical (unpaired) electrons. The minimum Gasteiger partial charge on any atom is -0.394 e. The fourth-order valence-corrected chi connectivity index (χ4v) is 3.12. The molecule has 0 saturated heterocycles. The maximum Gasteiger partial charge on any atom is 0.737 e. The summed E-state index contributed by atoms with van der Waals surface area (Å²) in [4.78, 5) is 0. The Morgan fingerprint density at radius 1 is 1.21 bits per heavy atom. The Hall–Kier alpha value is -1.65. The molecule has 0 aliphatic carbocycles. The first-order chi connectivity index (χ1) is 8.84. The maximum absolute atomic E-state index is 14.9. The van der Waals surface area contributed by atoms with Crippen molar-refractivity contribution in [3.05, 3.63) is 40.9 Å². The molecule has 0 spiro atoms. The largest absolute Gasteiger partial charge is 0.737 e. The molecule has 2 nitrogen and oxygen atoms in total. The number of fused-ring (bicyclic) bond motifs is 2. The molecule has 3 rings (SSSR count). The van der Waals surface area contributed by atoms with Crippen LogP contribution in [0.3, 0.4) is 0 Å². The van der Waals surface area contributed by atoms with Crippen LogP contribution in [-0.2, 0) is 0 Å². The van der Waals surface area contributed by atoms with Crippen LogP contribution in [-0.4, -0.2) is 21.6 Å². The molecule has 0 unspecified atom stereocenters. The molecule has 19 heavy (non-hydrogen) atoms. The molecule has 1 aromatic rings. The summed E-state index contributed by atoms with van der Waals surface area (Å²) in [7, 11) is 0. The molecule has 3 heterocycles. The van der Waals surface area contributed by atoms with Gasteiger partial charge in [-0.2, -0.15) is 0 Å². The lowest BCUT2D eigenvalue weighted by Gasteiger charge is -2.30. The Morgan fingerprint density at radius 3 is 2.53 bits per heavy atom. The summed E-state index contributed by atoms with van der Waals surface area (Å²) in [6.07, 6.45) is 5.45. The van der Waals surface area contributed by atoms with Crippen molar-refractivity contribution in [2.45, 2.75) is 27.7 Å². The van der Waals surface area contributed by atoms with Gasteiger partial charge in [-0.05, 0) is 31.2 Å². The van der Waals surface area contributed by atoms with Crippen LogP contribution in [0.2, 0.25) is 0 Å². The van der Waals surface area contributed by atoms with E-state index in [4.69, 9.17) is 0 Å². The van der Waals surface area contributed by atoms with Gasteiger partial charge in [-0.1, -0.05) is 13.8 Å². The Balaban J connectivity index is 2.34. The minimum absolute atomic E-state index is 0.0772. The third-order valence-corrected chi connectivity index (χ3v) is 3.95. The summed E-state index contributed by atoms with van der Waals surface area (Å²) < 4.78 is 32.2. The van der Waals surface area contributed by atoms with Crippen molar-refractivity contribution >= 4 is 18.8 Å². The number of nitrogens with zero attached hydrogens (tertiary/aromatic N) is 2. The summed E-state index contributed by atoms with van der Waals surface area (Å²) in [6, 6.07) is 1.82. The van der Waals surface area contributed by atoms with Crippen molar-refractivity contribution in [1.29, 1.82) is 0 Å². The van der Waals surface area contributed by atoms with Gasteiger partial charge in [-0.3, -0.25) is 0 Å². The number of hydrogen-bond acceptors (Lipinski definition) is 0. The molecule has 100 valence electrons. The zero-order valence-electron chi connectivity index (χ0n) is 11.6. The van der Waals surface area contributed by atoms with Crippen LogP contribution in [0.25, 0.3) is 6.08 Å². The molecule has 0 saturated carbocycles. The van der Waals surface area contributed by atoms with E-state index in [1.165, 1.54) is 8.96 Å². The number of aromatic nitrogens is 1. The Morgan fingerprint density at radius 2 is 1.89 bits per heavy atom. The van der Waals surface area contributed by atoms with E-state index in [9.17, 15) is 8.63 Å². The summed E-state index contributed by atoms with van der Waals surface area (Å²) in [6.45, 7) is 3.71. The lowest BCUT2D eigenvalue weighted by atomic mass is 9.89. The van der Waals surface area contributed by atoms with Crippen molar-refractivity contribution in [3.8, 4) is 0 Å². The minimum atomic E-state index is -3.79. The van der Waals surface area contributed by atoms with E-state index < -0.39 is 6.97 Å². The Bertz CT molecular complexity index is 663. The van der Waals surface area contributed by atoms with Crippen LogP contribution in [0.5, 0.6) is 0 Å². The van der Waals surface area contributed by atoms with E-state index in [0.717, 1.165) is 5.56 Å². The third kappa shape index (κ3) is 1.50. The highest BCUT2D eigenvalue weighted by Crippen LogP contribution is 2.34. The number of aryl methyl sites for hydroxylation is 2. The zero-order chi connectivity index (χ0) is 13.9. The molecule has 2 aliphatic rings. The highest BCUT2D eigenvalue weighted by Gasteiger charge is 2.52. The zero-order valence-corrected chi connectivity index (χ0v) is 11.6. The number of halogens is 2. The Kier molecular flexibility index (Phi) is 2.40. The van der Waals surface area contributed by atoms with Crippen LogP contribution in [0, 0.1) is 19.8 Å². The molecule has 0 fully saturated rings. The monoisotopic (exact) mass is 262 g/mol. The maximum atomic E-state index is 14.9. The molecular weight excluding hydrogens is 245 g/mol. The first-order valence-corrected chi connectivity index (χ1v) is 6.61. The highest BCUT2D eigenvalue weighted by molar-refractivity contribution is 6.58. The quantitative estimate of drug-likeness (QED) is 0.686. The van der Waals surface area contributed by atoms with Gasteiger partial charge in [0.05, 0.1) is 0 Å². The fraction of sp³-hybridized carbons (Fsp3) is 0.357. The van der Waals surface area contributed by atoms with Crippen LogP contribution in [0.15, 0.2) is 23.9 Å². The SMILES string of the molecule is Cc1cc(C)n2c1C=C1C=CC(C(C)C)=[N+]1[B-]2(F)F. The fourth-order valence-electron chi connectivity index (χ4n) is 3.12. The summed E-state index contributed by atoms with van der Waals surface area (Å²) in [5.41, 5.74) is 3.43. The van der Waals surface area contributed by atoms with Gasteiger partial charge in [0.15, 0.2) is 5.70 Å². The molecule has 0 bridgehead atoms. The van der Waals surface area contributed by atoms with Gasteiger partial charge in [0.25, 0.3) is 0 Å². The lowest BCUT2D eigenvalue weighted by Crippen LogP contribution is -2.51. The average Bonchev–Trinajstić information content (AvgIpc) is 2.82. The van der Waals surface area contributed by atoms with Crippen LogP contribution in [0.4, 0.5) is 8.63 Å². The number of rotatable bonds is 1. The van der Waals surface area contributed by atoms with E-state index >= 15 is 0 Å². The van der Waals surface area contributed by atoms with Gasteiger partial charge in [-0.15, -0.1) is 0 Å². The van der Waals surface area contributed by atoms with E-state index in [1.807, 2.05) is 39.0 Å². The summed E-state index contributed by atoms with van der Waals surface area (Å²) >= 11 is 0. The highest BCUT2D eigenvalue weighted by atomic mass is 19.2. The first-order valence-electron chi connectivity index (χ1n) is 6.61. The second-order valence-corrected chi connectivity index (χ2v) is 5.66. The second-order valence-electron chi connectivity index (χ2n) is 5.66. The van der Waals surface area contributed by atoms with Gasteiger partial charge >= 0.3 is 6.97 Å². The molecule has 2 aliphatic heterocycles. The summed E-state index contributed by atoms with van der Waals surface area (Å²) in [5, 5.41) is 0. The van der Waals surface area contributed by atoms with E-state index in [1.54, 1.807) is 13.0 Å². The van der Waals surface area contributed by atoms with Crippen molar-refractivity contribution in [3.63, 3.8) is 0 Å². The molecule has 5 heteroatoms. The first kappa shape index (κ1) is 12.4. The van der Waals surface area contributed by atoms with E-state index in [2.05, 4.69) is 0 Å². The standard InChI is InChI=1S/C14H17BF2N2/c1-9(2)13-6-5-12-8-14-10(3)7-11(4)18(14)15(16,17)19(12)13/h5-9H,1-4H3. The molecule has 0 aromatic carbocycles. The average molecular weight is 262 g/mol. The van der Waals surface area contributed by atoms with E-state index in [-0.39, 0.29) is 5.92 Å². The van der Waals surface area contributed by atoms with E-state index in [0.29, 0.717) is 22.8 Å². The van der Waals surface area contributed by atoms with Crippen LogP contribution < -0.4 is 0 Å². The smallest absolute Gasteiger partial charge is 0.394 e. The van der Waals surface area contributed by atoms with Crippen LogP contribution in [0.1, 0.15) is 30.8 Å². The normalized spacial score (nSPS) is 19.8. The second kappa shape index (κ2) is 3.68. The van der Waals surface area contributed by atoms with Crippen molar-refractivity contribution in [2.75, 3.05) is 0 Å². The number of allylic oxidation sites excluding steroid dienone is 2.